The van der Waals surface area contributed by atoms with Crippen LogP contribution in [0.2, 0.25) is 0 Å². The fourth-order valence-electron chi connectivity index (χ4n) is 2.38. The van der Waals surface area contributed by atoms with E-state index < -0.39 is 4.92 Å². The SMILES string of the molecule is COc1ccccc1CCN(C)c1ccc([N+](=O)[O-])cc1C#N. The number of rotatable bonds is 6. The number of likely N-dealkylation sites (N-methyl/N-ethyl adjacent to an activating group) is 1. The molecule has 6 heteroatoms. The summed E-state index contributed by atoms with van der Waals surface area (Å²) in [6.07, 6.45) is 0.738. The zero-order valence-corrected chi connectivity index (χ0v) is 13.0. The molecule has 118 valence electrons. The minimum atomic E-state index is -0.501. The van der Waals surface area contributed by atoms with Gasteiger partial charge in [-0.25, -0.2) is 0 Å². The molecule has 0 aliphatic heterocycles. The van der Waals surface area contributed by atoms with Gasteiger partial charge in [0, 0.05) is 25.7 Å². The van der Waals surface area contributed by atoms with Crippen molar-refractivity contribution in [2.45, 2.75) is 6.42 Å². The van der Waals surface area contributed by atoms with Crippen LogP contribution in [0.5, 0.6) is 5.75 Å². The minimum Gasteiger partial charge on any atom is -0.496 e. The van der Waals surface area contributed by atoms with Gasteiger partial charge >= 0.3 is 0 Å². The maximum absolute atomic E-state index is 10.8. The highest BCUT2D eigenvalue weighted by Crippen LogP contribution is 2.25. The Labute approximate surface area is 134 Å². The Morgan fingerprint density at radius 2 is 2.04 bits per heavy atom. The van der Waals surface area contributed by atoms with E-state index in [0.29, 0.717) is 17.8 Å². The summed E-state index contributed by atoms with van der Waals surface area (Å²) in [5, 5.41) is 20.0. The van der Waals surface area contributed by atoms with E-state index in [4.69, 9.17) is 4.74 Å². The molecule has 0 N–H and O–H groups in total. The normalized spacial score (nSPS) is 9.96. The number of ether oxygens (including phenoxy) is 1. The van der Waals surface area contributed by atoms with E-state index in [2.05, 4.69) is 0 Å². The summed E-state index contributed by atoms with van der Waals surface area (Å²) < 4.78 is 5.32. The number of para-hydroxylation sites is 1. The predicted molar refractivity (Wildman–Crippen MR) is 87.8 cm³/mol. The Balaban J connectivity index is 2.16. The van der Waals surface area contributed by atoms with Crippen molar-refractivity contribution in [2.75, 3.05) is 25.6 Å². The average molecular weight is 311 g/mol. The van der Waals surface area contributed by atoms with Crippen molar-refractivity contribution < 1.29 is 9.66 Å². The van der Waals surface area contributed by atoms with E-state index in [9.17, 15) is 15.4 Å². The standard InChI is InChI=1S/C17H17N3O3/c1-19(10-9-13-5-3-4-6-17(13)23-2)16-8-7-15(20(21)22)11-14(16)12-18/h3-8,11H,9-10H2,1-2H3. The zero-order chi connectivity index (χ0) is 16.8. The fourth-order valence-corrected chi connectivity index (χ4v) is 2.38. The minimum absolute atomic E-state index is 0.0802. The highest BCUT2D eigenvalue weighted by atomic mass is 16.6. The lowest BCUT2D eigenvalue weighted by Gasteiger charge is -2.21. The first kappa shape index (κ1) is 16.3. The van der Waals surface area contributed by atoms with Gasteiger partial charge in [-0.1, -0.05) is 18.2 Å². The molecule has 0 aromatic heterocycles. The van der Waals surface area contributed by atoms with Crippen LogP contribution >= 0.6 is 0 Å². The summed E-state index contributed by atoms with van der Waals surface area (Å²) >= 11 is 0. The second-order valence-corrected chi connectivity index (χ2v) is 5.05. The molecule has 0 radical (unpaired) electrons. The van der Waals surface area contributed by atoms with Crippen molar-refractivity contribution in [2.24, 2.45) is 0 Å². The van der Waals surface area contributed by atoms with Gasteiger partial charge in [-0.2, -0.15) is 5.26 Å². The van der Waals surface area contributed by atoms with Crippen molar-refractivity contribution in [3.63, 3.8) is 0 Å². The topological polar surface area (TPSA) is 79.4 Å². The monoisotopic (exact) mass is 311 g/mol. The van der Waals surface area contributed by atoms with Crippen LogP contribution < -0.4 is 9.64 Å². The number of hydrogen-bond acceptors (Lipinski definition) is 5. The van der Waals surface area contributed by atoms with Gasteiger partial charge in [-0.05, 0) is 24.1 Å². The number of hydrogen-bond donors (Lipinski definition) is 0. The van der Waals surface area contributed by atoms with Gasteiger partial charge in [0.1, 0.15) is 11.8 Å². The number of nitro benzene ring substituents is 1. The lowest BCUT2D eigenvalue weighted by atomic mass is 10.1. The van der Waals surface area contributed by atoms with E-state index in [1.54, 1.807) is 13.2 Å². The van der Waals surface area contributed by atoms with E-state index in [1.807, 2.05) is 42.3 Å². The van der Waals surface area contributed by atoms with Crippen LogP contribution in [0.25, 0.3) is 0 Å². The number of nitro groups is 1. The summed E-state index contributed by atoms with van der Waals surface area (Å²) in [7, 11) is 3.49. The van der Waals surface area contributed by atoms with Crippen molar-refractivity contribution in [1.82, 2.24) is 0 Å². The lowest BCUT2D eigenvalue weighted by Crippen LogP contribution is -2.21. The maximum atomic E-state index is 10.8. The smallest absolute Gasteiger partial charge is 0.270 e. The molecule has 0 bridgehead atoms. The van der Waals surface area contributed by atoms with Crippen LogP contribution in [0.15, 0.2) is 42.5 Å². The third kappa shape index (κ3) is 3.77. The number of nitrogens with zero attached hydrogens (tertiary/aromatic N) is 3. The molecule has 2 aromatic rings. The lowest BCUT2D eigenvalue weighted by molar-refractivity contribution is -0.384. The summed E-state index contributed by atoms with van der Waals surface area (Å²) in [6.45, 7) is 0.660. The molecule has 0 spiro atoms. The Hall–Kier alpha value is -3.07. The van der Waals surface area contributed by atoms with Crippen LogP contribution in [0.4, 0.5) is 11.4 Å². The third-order valence-corrected chi connectivity index (χ3v) is 3.63. The predicted octanol–water partition coefficient (Wildman–Crippen LogP) is 3.15. The molecule has 0 amide bonds. The number of non-ortho nitro benzene ring substituents is 1. The highest BCUT2D eigenvalue weighted by molar-refractivity contribution is 5.62. The number of methoxy groups -OCH3 is 1. The number of benzene rings is 2. The quantitative estimate of drug-likeness (QED) is 0.605. The Kier molecular flexibility index (Phi) is 5.15. The van der Waals surface area contributed by atoms with Gasteiger partial charge in [0.2, 0.25) is 0 Å². The van der Waals surface area contributed by atoms with Crippen LogP contribution in [0.1, 0.15) is 11.1 Å². The highest BCUT2D eigenvalue weighted by Gasteiger charge is 2.14. The van der Waals surface area contributed by atoms with Gasteiger partial charge in [-0.15, -0.1) is 0 Å². The molecule has 0 saturated heterocycles. The second-order valence-electron chi connectivity index (χ2n) is 5.05. The van der Waals surface area contributed by atoms with Gasteiger partial charge in [0.25, 0.3) is 5.69 Å². The van der Waals surface area contributed by atoms with E-state index in [0.717, 1.165) is 17.7 Å². The first-order valence-electron chi connectivity index (χ1n) is 7.08. The van der Waals surface area contributed by atoms with Gasteiger partial charge in [-0.3, -0.25) is 10.1 Å². The van der Waals surface area contributed by atoms with Gasteiger partial charge in [0.05, 0.1) is 23.3 Å². The van der Waals surface area contributed by atoms with E-state index in [1.165, 1.54) is 12.1 Å². The summed E-state index contributed by atoms with van der Waals surface area (Å²) in [4.78, 5) is 12.2. The number of nitriles is 1. The molecule has 2 aromatic carbocycles. The third-order valence-electron chi connectivity index (χ3n) is 3.63. The molecular weight excluding hydrogens is 294 g/mol. The molecule has 2 rings (SSSR count). The van der Waals surface area contributed by atoms with Crippen LogP contribution in [-0.2, 0) is 6.42 Å². The largest absolute Gasteiger partial charge is 0.496 e. The van der Waals surface area contributed by atoms with Gasteiger partial charge in [0.15, 0.2) is 0 Å². The molecular formula is C17H17N3O3. The zero-order valence-electron chi connectivity index (χ0n) is 13.0. The first-order chi connectivity index (χ1) is 11.1. The number of anilines is 1. The Morgan fingerprint density at radius 3 is 2.70 bits per heavy atom. The van der Waals surface area contributed by atoms with Crippen molar-refractivity contribution in [3.8, 4) is 11.8 Å². The van der Waals surface area contributed by atoms with E-state index >= 15 is 0 Å². The molecule has 0 unspecified atom stereocenters. The summed E-state index contributed by atoms with van der Waals surface area (Å²) in [5.74, 6) is 0.824. The fraction of sp³-hybridized carbons (Fsp3) is 0.235. The Bertz CT molecular complexity index is 753. The molecule has 0 atom stereocenters. The molecule has 23 heavy (non-hydrogen) atoms. The summed E-state index contributed by atoms with van der Waals surface area (Å²) in [6, 6.07) is 14.1. The first-order valence-corrected chi connectivity index (χ1v) is 7.08. The van der Waals surface area contributed by atoms with Crippen LogP contribution in [0.3, 0.4) is 0 Å². The van der Waals surface area contributed by atoms with Crippen molar-refractivity contribution in [3.05, 3.63) is 63.7 Å². The van der Waals surface area contributed by atoms with Crippen molar-refractivity contribution >= 4 is 11.4 Å². The molecule has 0 aliphatic carbocycles. The molecule has 0 aliphatic rings. The van der Waals surface area contributed by atoms with Crippen LogP contribution in [0, 0.1) is 21.4 Å². The molecule has 0 fully saturated rings. The van der Waals surface area contributed by atoms with Gasteiger partial charge < -0.3 is 9.64 Å². The average Bonchev–Trinajstić information content (AvgIpc) is 2.59. The molecule has 0 heterocycles. The summed E-state index contributed by atoms with van der Waals surface area (Å²) in [5.41, 5.74) is 1.96. The molecule has 0 saturated carbocycles. The second kappa shape index (κ2) is 7.27. The van der Waals surface area contributed by atoms with Crippen LogP contribution in [-0.4, -0.2) is 25.6 Å². The Morgan fingerprint density at radius 1 is 1.30 bits per heavy atom. The molecule has 6 nitrogen and oxygen atoms in total. The van der Waals surface area contributed by atoms with Crippen molar-refractivity contribution in [1.29, 1.82) is 5.26 Å². The maximum Gasteiger partial charge on any atom is 0.270 e. The van der Waals surface area contributed by atoms with E-state index in [-0.39, 0.29) is 5.69 Å².